The number of carboxylic acid groups (broad SMARTS) is 2. The van der Waals surface area contributed by atoms with Gasteiger partial charge in [0.2, 0.25) is 0 Å². The lowest BCUT2D eigenvalue weighted by atomic mass is 10.0. The summed E-state index contributed by atoms with van der Waals surface area (Å²) >= 11 is 0. The Balaban J connectivity index is 2.02. The number of carboxylic acids is 2. The number of alkyl carbamates (subject to hydrolysis) is 1. The highest BCUT2D eigenvalue weighted by atomic mass is 16.6. The van der Waals surface area contributed by atoms with Crippen LogP contribution in [0.4, 0.5) is 10.5 Å². The van der Waals surface area contributed by atoms with E-state index < -0.39 is 23.6 Å². The Kier molecular flexibility index (Phi) is 5.74. The number of carbonyl (C=O) groups is 3. The number of hydrogen-bond acceptors (Lipinski definition) is 5. The lowest BCUT2D eigenvalue weighted by molar-refractivity contribution is 0.0496. The van der Waals surface area contributed by atoms with E-state index in [-0.39, 0.29) is 17.2 Å². The first-order valence-corrected chi connectivity index (χ1v) is 8.41. The van der Waals surface area contributed by atoms with E-state index in [1.165, 1.54) is 12.1 Å². The first kappa shape index (κ1) is 19.6. The second-order valence-electron chi connectivity index (χ2n) is 7.29. The molecule has 0 aromatic heterocycles. The molecule has 0 radical (unpaired) electrons. The van der Waals surface area contributed by atoms with E-state index in [0.29, 0.717) is 31.6 Å². The van der Waals surface area contributed by atoms with Gasteiger partial charge in [0.15, 0.2) is 0 Å². The number of ether oxygens (including phenoxy) is 1. The minimum Gasteiger partial charge on any atom is -0.478 e. The predicted octanol–water partition coefficient (Wildman–Crippen LogP) is 2.58. The highest BCUT2D eigenvalue weighted by Crippen LogP contribution is 2.24. The van der Waals surface area contributed by atoms with Crippen LogP contribution in [0.5, 0.6) is 0 Å². The van der Waals surface area contributed by atoms with Gasteiger partial charge >= 0.3 is 18.0 Å². The van der Waals surface area contributed by atoms with Gasteiger partial charge in [-0.15, -0.1) is 0 Å². The van der Waals surface area contributed by atoms with Gasteiger partial charge in [-0.2, -0.15) is 0 Å². The van der Waals surface area contributed by atoms with Gasteiger partial charge in [0.25, 0.3) is 0 Å². The van der Waals surface area contributed by atoms with Gasteiger partial charge in [0.05, 0.1) is 11.1 Å². The monoisotopic (exact) mass is 364 g/mol. The Morgan fingerprint density at radius 2 is 1.54 bits per heavy atom. The maximum Gasteiger partial charge on any atom is 0.407 e. The number of nitrogens with one attached hydrogen (secondary N) is 1. The van der Waals surface area contributed by atoms with Gasteiger partial charge in [-0.3, -0.25) is 0 Å². The molecule has 3 N–H and O–H groups in total. The van der Waals surface area contributed by atoms with Gasteiger partial charge in [-0.1, -0.05) is 0 Å². The Labute approximate surface area is 151 Å². The molecule has 0 unspecified atom stereocenters. The summed E-state index contributed by atoms with van der Waals surface area (Å²) in [5, 5.41) is 21.2. The molecule has 2 rings (SSSR count). The van der Waals surface area contributed by atoms with Crippen LogP contribution in [0.3, 0.4) is 0 Å². The van der Waals surface area contributed by atoms with Gasteiger partial charge in [0.1, 0.15) is 5.60 Å². The van der Waals surface area contributed by atoms with Crippen molar-refractivity contribution in [2.24, 2.45) is 0 Å². The minimum atomic E-state index is -1.17. The number of hydrogen-bond donors (Lipinski definition) is 3. The first-order valence-electron chi connectivity index (χ1n) is 8.41. The summed E-state index contributed by atoms with van der Waals surface area (Å²) in [6, 6.07) is 4.04. The molecule has 1 aromatic carbocycles. The Bertz CT molecular complexity index is 670. The van der Waals surface area contributed by atoms with Gasteiger partial charge in [0, 0.05) is 24.8 Å². The first-order chi connectivity index (χ1) is 12.0. The van der Waals surface area contributed by atoms with Crippen molar-refractivity contribution in [2.75, 3.05) is 18.0 Å². The topological polar surface area (TPSA) is 116 Å². The molecule has 1 fully saturated rings. The van der Waals surface area contributed by atoms with Crippen LogP contribution in [0.2, 0.25) is 0 Å². The molecule has 8 heteroatoms. The van der Waals surface area contributed by atoms with Crippen molar-refractivity contribution >= 4 is 23.7 Å². The number of nitrogens with zero attached hydrogens (tertiary/aromatic N) is 1. The molecule has 26 heavy (non-hydrogen) atoms. The summed E-state index contributed by atoms with van der Waals surface area (Å²) in [5.74, 6) is -2.34. The third kappa shape index (κ3) is 5.37. The van der Waals surface area contributed by atoms with Crippen LogP contribution in [0.1, 0.15) is 54.3 Å². The van der Waals surface area contributed by atoms with Gasteiger partial charge < -0.3 is 25.2 Å². The third-order valence-electron chi connectivity index (χ3n) is 3.99. The third-order valence-corrected chi connectivity index (χ3v) is 3.99. The molecule has 1 aromatic rings. The Morgan fingerprint density at radius 3 is 1.96 bits per heavy atom. The van der Waals surface area contributed by atoms with E-state index in [4.69, 9.17) is 4.74 Å². The highest BCUT2D eigenvalue weighted by Gasteiger charge is 2.24. The summed E-state index contributed by atoms with van der Waals surface area (Å²) in [4.78, 5) is 36.2. The molecule has 0 aliphatic carbocycles. The summed E-state index contributed by atoms with van der Waals surface area (Å²) < 4.78 is 5.24. The molecule has 0 bridgehead atoms. The molecular formula is C18H24N2O6. The fourth-order valence-corrected chi connectivity index (χ4v) is 2.80. The fourth-order valence-electron chi connectivity index (χ4n) is 2.80. The lowest BCUT2D eigenvalue weighted by Crippen LogP contribution is -2.46. The number of carbonyl (C=O) groups excluding carboxylic acids is 1. The average Bonchev–Trinajstić information content (AvgIpc) is 2.53. The SMILES string of the molecule is CC(C)(C)OC(=O)NC1CCN(c2cc(C(=O)O)cc(C(=O)O)c2)CC1. The van der Waals surface area contributed by atoms with E-state index in [2.05, 4.69) is 5.32 Å². The van der Waals surface area contributed by atoms with E-state index in [1.54, 1.807) is 20.8 Å². The number of aromatic carboxylic acids is 2. The second-order valence-corrected chi connectivity index (χ2v) is 7.29. The summed E-state index contributed by atoms with van der Waals surface area (Å²) in [6.45, 7) is 6.53. The number of rotatable bonds is 4. The molecular weight excluding hydrogens is 340 g/mol. The average molecular weight is 364 g/mol. The molecule has 1 heterocycles. The van der Waals surface area contributed by atoms with Crippen molar-refractivity contribution < 1.29 is 29.3 Å². The van der Waals surface area contributed by atoms with E-state index in [1.807, 2.05) is 4.90 Å². The largest absolute Gasteiger partial charge is 0.478 e. The van der Waals surface area contributed by atoms with Crippen molar-refractivity contribution in [3.8, 4) is 0 Å². The zero-order valence-corrected chi connectivity index (χ0v) is 15.1. The van der Waals surface area contributed by atoms with Crippen molar-refractivity contribution in [3.05, 3.63) is 29.3 Å². The van der Waals surface area contributed by atoms with E-state index in [9.17, 15) is 24.6 Å². The molecule has 8 nitrogen and oxygen atoms in total. The summed E-state index contributed by atoms with van der Waals surface area (Å²) in [6.07, 6.45) is 0.842. The molecule has 0 atom stereocenters. The molecule has 0 spiro atoms. The molecule has 1 amide bonds. The number of anilines is 1. The normalized spacial score (nSPS) is 15.4. The molecule has 1 aliphatic heterocycles. The Hall–Kier alpha value is -2.77. The summed E-state index contributed by atoms with van der Waals surface area (Å²) in [7, 11) is 0. The van der Waals surface area contributed by atoms with Gasteiger partial charge in [-0.05, 0) is 51.8 Å². The predicted molar refractivity (Wildman–Crippen MR) is 95.0 cm³/mol. The highest BCUT2D eigenvalue weighted by molar-refractivity contribution is 5.95. The zero-order valence-electron chi connectivity index (χ0n) is 15.1. The minimum absolute atomic E-state index is 0.0392. The zero-order chi connectivity index (χ0) is 19.5. The second kappa shape index (κ2) is 7.63. The van der Waals surface area contributed by atoms with Crippen molar-refractivity contribution in [1.29, 1.82) is 0 Å². The number of piperidine rings is 1. The van der Waals surface area contributed by atoms with Crippen molar-refractivity contribution in [2.45, 2.75) is 45.3 Å². The van der Waals surface area contributed by atoms with Crippen LogP contribution in [0, 0.1) is 0 Å². The molecule has 142 valence electrons. The van der Waals surface area contributed by atoms with Crippen molar-refractivity contribution in [1.82, 2.24) is 5.32 Å². The van der Waals surface area contributed by atoms with Crippen LogP contribution in [0.25, 0.3) is 0 Å². The number of benzene rings is 1. The van der Waals surface area contributed by atoms with Crippen LogP contribution in [-0.4, -0.2) is 53.0 Å². The van der Waals surface area contributed by atoms with Crippen LogP contribution in [-0.2, 0) is 4.74 Å². The summed E-state index contributed by atoms with van der Waals surface area (Å²) in [5.41, 5.74) is -0.129. The molecule has 1 aliphatic rings. The van der Waals surface area contributed by atoms with E-state index >= 15 is 0 Å². The molecule has 0 saturated carbocycles. The fraction of sp³-hybridized carbons (Fsp3) is 0.500. The molecule has 1 saturated heterocycles. The van der Waals surface area contributed by atoms with Crippen molar-refractivity contribution in [3.63, 3.8) is 0 Å². The maximum atomic E-state index is 11.8. The standard InChI is InChI=1S/C18H24N2O6/c1-18(2,3)26-17(25)19-13-4-6-20(7-5-13)14-9-11(15(21)22)8-12(10-14)16(23)24/h8-10,13H,4-7H2,1-3H3,(H,19,25)(H,21,22)(H,23,24). The van der Waals surface area contributed by atoms with E-state index in [0.717, 1.165) is 6.07 Å². The van der Waals surface area contributed by atoms with Gasteiger partial charge in [-0.25, -0.2) is 14.4 Å². The smallest absolute Gasteiger partial charge is 0.407 e. The lowest BCUT2D eigenvalue weighted by Gasteiger charge is -2.34. The number of amides is 1. The van der Waals surface area contributed by atoms with Crippen LogP contribution in [0.15, 0.2) is 18.2 Å². The van der Waals surface area contributed by atoms with Crippen LogP contribution < -0.4 is 10.2 Å². The maximum absolute atomic E-state index is 11.8. The van der Waals surface area contributed by atoms with Crippen LogP contribution >= 0.6 is 0 Å². The quantitative estimate of drug-likeness (QED) is 0.752. The Morgan fingerprint density at radius 1 is 1.04 bits per heavy atom.